The molecule has 0 aliphatic rings. The Morgan fingerprint density at radius 2 is 2.24 bits per heavy atom. The second kappa shape index (κ2) is 6.77. The summed E-state index contributed by atoms with van der Waals surface area (Å²) in [6.07, 6.45) is 1.90. The second-order valence-electron chi connectivity index (χ2n) is 4.28. The summed E-state index contributed by atoms with van der Waals surface area (Å²) in [6, 6.07) is 5.10. The van der Waals surface area contributed by atoms with Gasteiger partial charge in [0.25, 0.3) is 0 Å². The van der Waals surface area contributed by atoms with Crippen LogP contribution in [0, 0.1) is 5.82 Å². The first-order valence-corrected chi connectivity index (χ1v) is 6.25. The molecular formula is C14H19ClFN. The van der Waals surface area contributed by atoms with Gasteiger partial charge in [-0.15, -0.1) is 6.58 Å². The molecule has 0 saturated carbocycles. The molecule has 1 aromatic carbocycles. The molecule has 0 aromatic heterocycles. The molecule has 0 bridgehead atoms. The lowest BCUT2D eigenvalue weighted by Gasteiger charge is -2.18. The zero-order valence-electron chi connectivity index (χ0n) is 10.4. The number of halogens is 2. The summed E-state index contributed by atoms with van der Waals surface area (Å²) in [6.45, 7) is 8.84. The van der Waals surface area contributed by atoms with E-state index < -0.39 is 0 Å². The molecule has 1 rings (SSSR count). The van der Waals surface area contributed by atoms with Gasteiger partial charge >= 0.3 is 0 Å². The van der Waals surface area contributed by atoms with Crippen LogP contribution in [0.15, 0.2) is 30.4 Å². The lowest BCUT2D eigenvalue weighted by molar-refractivity contribution is 0.513. The molecule has 1 nitrogen and oxygen atoms in total. The van der Waals surface area contributed by atoms with Gasteiger partial charge in [-0.3, -0.25) is 0 Å². The molecule has 0 spiro atoms. The summed E-state index contributed by atoms with van der Waals surface area (Å²) >= 11 is 5.80. The van der Waals surface area contributed by atoms with Gasteiger partial charge in [0, 0.05) is 6.04 Å². The van der Waals surface area contributed by atoms with Crippen molar-refractivity contribution in [2.75, 3.05) is 6.54 Å². The molecule has 0 heterocycles. The van der Waals surface area contributed by atoms with Gasteiger partial charge in [-0.05, 0) is 44.0 Å². The van der Waals surface area contributed by atoms with Gasteiger partial charge in [0.2, 0.25) is 0 Å². The van der Waals surface area contributed by atoms with Gasteiger partial charge in [-0.25, -0.2) is 4.39 Å². The number of hydrogen-bond donors (Lipinski definition) is 1. The van der Waals surface area contributed by atoms with Crippen molar-refractivity contribution in [3.05, 3.63) is 46.8 Å². The SMILES string of the molecule is C=C(C)CCC(NCC)c1ccc(F)c(Cl)c1. The van der Waals surface area contributed by atoms with E-state index in [9.17, 15) is 4.39 Å². The molecule has 0 aliphatic heterocycles. The maximum Gasteiger partial charge on any atom is 0.141 e. The summed E-state index contributed by atoms with van der Waals surface area (Å²) < 4.78 is 13.1. The topological polar surface area (TPSA) is 12.0 Å². The van der Waals surface area contributed by atoms with Crippen molar-refractivity contribution >= 4 is 11.6 Å². The molecule has 0 aliphatic carbocycles. The minimum absolute atomic E-state index is 0.181. The second-order valence-corrected chi connectivity index (χ2v) is 4.69. The first-order chi connectivity index (χ1) is 8.04. The van der Waals surface area contributed by atoms with E-state index in [4.69, 9.17) is 11.6 Å². The van der Waals surface area contributed by atoms with Crippen LogP contribution in [0.5, 0.6) is 0 Å². The minimum Gasteiger partial charge on any atom is -0.310 e. The van der Waals surface area contributed by atoms with Crippen molar-refractivity contribution in [1.82, 2.24) is 5.32 Å². The van der Waals surface area contributed by atoms with E-state index >= 15 is 0 Å². The predicted molar refractivity (Wildman–Crippen MR) is 71.9 cm³/mol. The van der Waals surface area contributed by atoms with E-state index in [1.165, 1.54) is 6.07 Å². The van der Waals surface area contributed by atoms with Crippen LogP contribution in [0.3, 0.4) is 0 Å². The van der Waals surface area contributed by atoms with E-state index in [2.05, 4.69) is 18.8 Å². The van der Waals surface area contributed by atoms with Crippen LogP contribution in [0.25, 0.3) is 0 Å². The largest absolute Gasteiger partial charge is 0.310 e. The normalized spacial score (nSPS) is 12.5. The quantitative estimate of drug-likeness (QED) is 0.739. The third-order valence-electron chi connectivity index (χ3n) is 2.66. The highest BCUT2D eigenvalue weighted by Gasteiger charge is 2.11. The van der Waals surface area contributed by atoms with Crippen LogP contribution < -0.4 is 5.32 Å². The summed E-state index contributed by atoms with van der Waals surface area (Å²) in [5.74, 6) is -0.370. The predicted octanol–water partition coefficient (Wildman–Crippen LogP) is 4.49. The highest BCUT2D eigenvalue weighted by atomic mass is 35.5. The van der Waals surface area contributed by atoms with Crippen molar-refractivity contribution in [3.8, 4) is 0 Å². The van der Waals surface area contributed by atoms with Gasteiger partial charge in [-0.1, -0.05) is 30.2 Å². The van der Waals surface area contributed by atoms with Crippen LogP contribution in [-0.4, -0.2) is 6.54 Å². The van der Waals surface area contributed by atoms with Crippen molar-refractivity contribution in [3.63, 3.8) is 0 Å². The zero-order valence-corrected chi connectivity index (χ0v) is 11.1. The number of nitrogens with one attached hydrogen (secondary N) is 1. The Balaban J connectivity index is 2.81. The Morgan fingerprint density at radius 1 is 1.53 bits per heavy atom. The Bertz CT molecular complexity index is 390. The van der Waals surface area contributed by atoms with E-state index in [0.29, 0.717) is 0 Å². The van der Waals surface area contributed by atoms with Crippen LogP contribution in [0.2, 0.25) is 5.02 Å². The maximum atomic E-state index is 13.1. The summed E-state index contributed by atoms with van der Waals surface area (Å²) in [5.41, 5.74) is 2.18. The minimum atomic E-state index is -0.370. The van der Waals surface area contributed by atoms with Crippen LogP contribution in [-0.2, 0) is 0 Å². The lowest BCUT2D eigenvalue weighted by Crippen LogP contribution is -2.21. The fraction of sp³-hybridized carbons (Fsp3) is 0.429. The van der Waals surface area contributed by atoms with Gasteiger partial charge < -0.3 is 5.32 Å². The van der Waals surface area contributed by atoms with E-state index in [0.717, 1.165) is 30.5 Å². The molecule has 1 atom stereocenters. The van der Waals surface area contributed by atoms with Gasteiger partial charge in [0.1, 0.15) is 5.82 Å². The molecule has 0 radical (unpaired) electrons. The van der Waals surface area contributed by atoms with Crippen LogP contribution in [0.4, 0.5) is 4.39 Å². The van der Waals surface area contributed by atoms with Crippen molar-refractivity contribution in [2.45, 2.75) is 32.7 Å². The third-order valence-corrected chi connectivity index (χ3v) is 2.95. The average molecular weight is 256 g/mol. The molecule has 1 aromatic rings. The Hall–Kier alpha value is -0.860. The first kappa shape index (κ1) is 14.2. The Labute approximate surface area is 108 Å². The first-order valence-electron chi connectivity index (χ1n) is 5.87. The number of allylic oxidation sites excluding steroid dienone is 1. The zero-order chi connectivity index (χ0) is 12.8. The van der Waals surface area contributed by atoms with Gasteiger partial charge in [-0.2, -0.15) is 0 Å². The molecule has 94 valence electrons. The Kier molecular flexibility index (Phi) is 5.66. The molecular weight excluding hydrogens is 237 g/mol. The van der Waals surface area contributed by atoms with E-state index in [1.807, 2.05) is 6.92 Å². The van der Waals surface area contributed by atoms with Gasteiger partial charge in [0.15, 0.2) is 0 Å². The fourth-order valence-corrected chi connectivity index (χ4v) is 1.94. The van der Waals surface area contributed by atoms with Gasteiger partial charge in [0.05, 0.1) is 5.02 Å². The van der Waals surface area contributed by atoms with Crippen molar-refractivity contribution < 1.29 is 4.39 Å². The fourth-order valence-electron chi connectivity index (χ4n) is 1.75. The molecule has 17 heavy (non-hydrogen) atoms. The highest BCUT2D eigenvalue weighted by molar-refractivity contribution is 6.30. The molecule has 1 unspecified atom stereocenters. The number of rotatable bonds is 6. The van der Waals surface area contributed by atoms with E-state index in [1.54, 1.807) is 12.1 Å². The lowest BCUT2D eigenvalue weighted by atomic mass is 10.00. The molecule has 3 heteroatoms. The summed E-state index contributed by atoms with van der Waals surface area (Å²) in [7, 11) is 0. The standard InChI is InChI=1S/C14H19ClFN/c1-4-17-14(8-5-10(2)3)11-6-7-13(16)12(15)9-11/h6-7,9,14,17H,2,4-5,8H2,1,3H3. The molecule has 0 fully saturated rings. The Morgan fingerprint density at radius 3 is 2.76 bits per heavy atom. The maximum absolute atomic E-state index is 13.1. The summed E-state index contributed by atoms with van der Waals surface area (Å²) in [4.78, 5) is 0. The number of benzene rings is 1. The average Bonchev–Trinajstić information content (AvgIpc) is 2.28. The number of hydrogen-bond acceptors (Lipinski definition) is 1. The van der Waals surface area contributed by atoms with Crippen LogP contribution >= 0.6 is 11.6 Å². The summed E-state index contributed by atoms with van der Waals surface area (Å²) in [5, 5.41) is 3.56. The highest BCUT2D eigenvalue weighted by Crippen LogP contribution is 2.24. The van der Waals surface area contributed by atoms with Crippen LogP contribution in [0.1, 0.15) is 38.3 Å². The van der Waals surface area contributed by atoms with E-state index in [-0.39, 0.29) is 16.9 Å². The molecule has 0 amide bonds. The smallest absolute Gasteiger partial charge is 0.141 e. The third kappa shape index (κ3) is 4.49. The van der Waals surface area contributed by atoms with Crippen molar-refractivity contribution in [1.29, 1.82) is 0 Å². The monoisotopic (exact) mass is 255 g/mol. The van der Waals surface area contributed by atoms with Crippen molar-refractivity contribution in [2.24, 2.45) is 0 Å². The molecule has 0 saturated heterocycles. The molecule has 1 N–H and O–H groups in total.